The molecular weight excluding hydrogens is 244 g/mol. The Morgan fingerprint density at radius 3 is 2.76 bits per heavy atom. The maximum Gasteiger partial charge on any atom is 0.305 e. The maximum atomic E-state index is 11.0. The summed E-state index contributed by atoms with van der Waals surface area (Å²) < 4.78 is 32.3. The normalized spacial score (nSPS) is 37.4. The molecule has 0 bridgehead atoms. The van der Waals surface area contributed by atoms with Crippen molar-refractivity contribution in [1.82, 2.24) is 0 Å². The van der Waals surface area contributed by atoms with Crippen molar-refractivity contribution in [2.45, 2.75) is 18.5 Å². The molecule has 92 valence electrons. The van der Waals surface area contributed by atoms with Gasteiger partial charge in [0.15, 0.2) is 6.29 Å². The SMILES string of the molecule is O=[S@@]1OC[C@H]2OC(c3ccccc3)OCC2O1. The first kappa shape index (κ1) is 11.3. The number of ether oxygens (including phenoxy) is 2. The molecule has 0 aromatic heterocycles. The smallest absolute Gasteiger partial charge is 0.305 e. The average Bonchev–Trinajstić information content (AvgIpc) is 2.39. The van der Waals surface area contributed by atoms with Crippen LogP contribution >= 0.6 is 0 Å². The summed E-state index contributed by atoms with van der Waals surface area (Å²) in [4.78, 5) is 0. The second kappa shape index (κ2) is 4.83. The predicted octanol–water partition coefficient (Wildman–Crippen LogP) is 1.09. The van der Waals surface area contributed by atoms with Gasteiger partial charge in [0, 0.05) is 5.56 Å². The van der Waals surface area contributed by atoms with Gasteiger partial charge in [0.05, 0.1) is 13.2 Å². The molecule has 2 heterocycles. The highest BCUT2D eigenvalue weighted by Gasteiger charge is 2.38. The Labute approximate surface area is 101 Å². The predicted molar refractivity (Wildman–Crippen MR) is 59.0 cm³/mol. The van der Waals surface area contributed by atoms with Crippen LogP contribution in [0.2, 0.25) is 0 Å². The van der Waals surface area contributed by atoms with Crippen molar-refractivity contribution in [2.24, 2.45) is 0 Å². The van der Waals surface area contributed by atoms with Gasteiger partial charge in [0.2, 0.25) is 0 Å². The van der Waals surface area contributed by atoms with Crippen molar-refractivity contribution in [3.8, 4) is 0 Å². The van der Waals surface area contributed by atoms with E-state index in [-0.39, 0.29) is 18.8 Å². The molecule has 3 rings (SSSR count). The summed E-state index contributed by atoms with van der Waals surface area (Å²) in [5.41, 5.74) is 0.956. The molecule has 2 aliphatic rings. The number of benzene rings is 1. The fraction of sp³-hybridized carbons (Fsp3) is 0.455. The molecule has 2 aliphatic heterocycles. The third-order valence-electron chi connectivity index (χ3n) is 2.73. The van der Waals surface area contributed by atoms with Crippen molar-refractivity contribution < 1.29 is 22.0 Å². The third kappa shape index (κ3) is 2.41. The van der Waals surface area contributed by atoms with E-state index in [1.54, 1.807) is 0 Å². The van der Waals surface area contributed by atoms with Gasteiger partial charge in [-0.3, -0.25) is 8.37 Å². The number of fused-ring (bicyclic) bond motifs is 1. The summed E-state index contributed by atoms with van der Waals surface area (Å²) in [7, 11) is 0. The van der Waals surface area contributed by atoms with E-state index in [0.29, 0.717) is 6.61 Å². The lowest BCUT2D eigenvalue weighted by Crippen LogP contribution is -2.48. The van der Waals surface area contributed by atoms with Gasteiger partial charge in [0.1, 0.15) is 12.2 Å². The van der Waals surface area contributed by atoms with E-state index in [1.807, 2.05) is 30.3 Å². The first-order valence-electron chi connectivity index (χ1n) is 5.37. The molecule has 0 N–H and O–H groups in total. The largest absolute Gasteiger partial charge is 0.346 e. The second-order valence-corrected chi connectivity index (χ2v) is 4.71. The minimum absolute atomic E-state index is 0.230. The van der Waals surface area contributed by atoms with Crippen LogP contribution in [-0.2, 0) is 29.2 Å². The van der Waals surface area contributed by atoms with Crippen molar-refractivity contribution in [3.05, 3.63) is 35.9 Å². The molecule has 0 radical (unpaired) electrons. The molecule has 5 nitrogen and oxygen atoms in total. The van der Waals surface area contributed by atoms with Crippen molar-refractivity contribution >= 4 is 11.4 Å². The minimum atomic E-state index is -1.67. The molecule has 6 heteroatoms. The van der Waals surface area contributed by atoms with Crippen LogP contribution in [0.15, 0.2) is 30.3 Å². The molecule has 0 saturated carbocycles. The first-order valence-corrected chi connectivity index (χ1v) is 6.37. The molecule has 0 amide bonds. The van der Waals surface area contributed by atoms with Crippen LogP contribution in [0.4, 0.5) is 0 Å². The lowest BCUT2D eigenvalue weighted by Gasteiger charge is -2.37. The van der Waals surface area contributed by atoms with Gasteiger partial charge in [-0.15, -0.1) is 0 Å². The highest BCUT2D eigenvalue weighted by Crippen LogP contribution is 2.29. The summed E-state index contributed by atoms with van der Waals surface area (Å²) in [5, 5.41) is 0. The Morgan fingerprint density at radius 2 is 1.94 bits per heavy atom. The summed E-state index contributed by atoms with van der Waals surface area (Å²) in [6.07, 6.45) is -0.951. The highest BCUT2D eigenvalue weighted by atomic mass is 32.2. The maximum absolute atomic E-state index is 11.0. The first-order chi connectivity index (χ1) is 8.33. The molecule has 1 aromatic carbocycles. The molecule has 2 fully saturated rings. The molecular formula is C11H12O5S. The fourth-order valence-electron chi connectivity index (χ4n) is 1.85. The van der Waals surface area contributed by atoms with E-state index in [0.717, 1.165) is 5.56 Å². The van der Waals surface area contributed by atoms with Crippen molar-refractivity contribution in [1.29, 1.82) is 0 Å². The summed E-state index contributed by atoms with van der Waals surface area (Å²) >= 11 is -1.67. The van der Waals surface area contributed by atoms with Gasteiger partial charge < -0.3 is 9.47 Å². The van der Waals surface area contributed by atoms with E-state index in [4.69, 9.17) is 17.8 Å². The van der Waals surface area contributed by atoms with Crippen LogP contribution in [0, 0.1) is 0 Å². The third-order valence-corrected chi connectivity index (χ3v) is 3.46. The van der Waals surface area contributed by atoms with Crippen LogP contribution in [0.1, 0.15) is 11.9 Å². The van der Waals surface area contributed by atoms with Gasteiger partial charge in [-0.25, -0.2) is 0 Å². The number of hydrogen-bond acceptors (Lipinski definition) is 5. The summed E-state index contributed by atoms with van der Waals surface area (Å²) in [6.45, 7) is 0.628. The zero-order chi connectivity index (χ0) is 11.7. The van der Waals surface area contributed by atoms with E-state index in [1.165, 1.54) is 0 Å². The zero-order valence-electron chi connectivity index (χ0n) is 8.98. The van der Waals surface area contributed by atoms with E-state index in [9.17, 15) is 4.21 Å². The number of rotatable bonds is 1. The van der Waals surface area contributed by atoms with Crippen LogP contribution in [-0.4, -0.2) is 29.6 Å². The molecule has 4 atom stereocenters. The van der Waals surface area contributed by atoms with Crippen molar-refractivity contribution in [2.75, 3.05) is 13.2 Å². The lowest BCUT2D eigenvalue weighted by atomic mass is 10.1. The quantitative estimate of drug-likeness (QED) is 0.753. The van der Waals surface area contributed by atoms with Crippen LogP contribution in [0.3, 0.4) is 0 Å². The Bertz CT molecular complexity index is 410. The topological polar surface area (TPSA) is 54.0 Å². The highest BCUT2D eigenvalue weighted by molar-refractivity contribution is 7.75. The van der Waals surface area contributed by atoms with Gasteiger partial charge in [-0.1, -0.05) is 30.3 Å². The molecule has 1 aromatic rings. The Hall–Kier alpha value is -0.790. The van der Waals surface area contributed by atoms with Crippen LogP contribution in [0.5, 0.6) is 0 Å². The molecule has 0 spiro atoms. The standard InChI is InChI=1S/C11H12O5S/c12-17-14-7-9-10(16-17)6-13-11(15-9)8-4-2-1-3-5-8/h1-5,9-11H,6-7H2/t9-,10?,11?,17-/m1/s1. The van der Waals surface area contributed by atoms with Gasteiger partial charge in [-0.05, 0) is 0 Å². The van der Waals surface area contributed by atoms with Gasteiger partial charge in [0.25, 0.3) is 0 Å². The number of hydrogen-bond donors (Lipinski definition) is 0. The Kier molecular flexibility index (Phi) is 3.21. The molecule has 2 unspecified atom stereocenters. The molecule has 0 aliphatic carbocycles. The van der Waals surface area contributed by atoms with Crippen LogP contribution < -0.4 is 0 Å². The van der Waals surface area contributed by atoms with E-state index >= 15 is 0 Å². The second-order valence-electron chi connectivity index (χ2n) is 3.87. The Morgan fingerprint density at radius 1 is 1.12 bits per heavy atom. The fourth-order valence-corrected chi connectivity index (χ4v) is 2.53. The van der Waals surface area contributed by atoms with E-state index < -0.39 is 17.7 Å². The monoisotopic (exact) mass is 256 g/mol. The van der Waals surface area contributed by atoms with Crippen molar-refractivity contribution in [3.63, 3.8) is 0 Å². The molecule has 2 saturated heterocycles. The zero-order valence-corrected chi connectivity index (χ0v) is 9.80. The van der Waals surface area contributed by atoms with E-state index in [2.05, 4.69) is 0 Å². The summed E-state index contributed by atoms with van der Waals surface area (Å²) in [6, 6.07) is 9.67. The van der Waals surface area contributed by atoms with Crippen LogP contribution in [0.25, 0.3) is 0 Å². The Balaban J connectivity index is 1.70. The minimum Gasteiger partial charge on any atom is -0.346 e. The van der Waals surface area contributed by atoms with Gasteiger partial charge in [-0.2, -0.15) is 4.21 Å². The summed E-state index contributed by atoms with van der Waals surface area (Å²) in [5.74, 6) is 0. The average molecular weight is 256 g/mol. The lowest BCUT2D eigenvalue weighted by molar-refractivity contribution is -0.263. The molecule has 17 heavy (non-hydrogen) atoms. The van der Waals surface area contributed by atoms with Gasteiger partial charge >= 0.3 is 11.4 Å².